The Hall–Kier alpha value is -1.26. The van der Waals surface area contributed by atoms with Gasteiger partial charge in [-0.05, 0) is 52.4 Å². The van der Waals surface area contributed by atoms with Crippen LogP contribution >= 0.6 is 0 Å². The van der Waals surface area contributed by atoms with E-state index in [2.05, 4.69) is 43.1 Å². The van der Waals surface area contributed by atoms with Crippen LogP contribution in [0.15, 0.2) is 24.3 Å². The fourth-order valence-corrected chi connectivity index (χ4v) is 2.09. The van der Waals surface area contributed by atoms with E-state index in [1.807, 2.05) is 12.1 Å². The van der Waals surface area contributed by atoms with Crippen molar-refractivity contribution in [2.45, 2.75) is 33.3 Å². The number of nitrogens with one attached hydrogen (secondary N) is 1. The van der Waals surface area contributed by atoms with Crippen LogP contribution in [-0.2, 0) is 0 Å². The van der Waals surface area contributed by atoms with Crippen LogP contribution in [0.2, 0.25) is 0 Å². The van der Waals surface area contributed by atoms with Crippen LogP contribution in [0.5, 0.6) is 5.75 Å². The van der Waals surface area contributed by atoms with Crippen molar-refractivity contribution in [3.05, 3.63) is 24.3 Å². The Morgan fingerprint density at radius 2 is 2.00 bits per heavy atom. The van der Waals surface area contributed by atoms with Crippen molar-refractivity contribution in [2.24, 2.45) is 5.73 Å². The van der Waals surface area contributed by atoms with E-state index in [1.165, 1.54) is 5.69 Å². The topological polar surface area (TPSA) is 50.5 Å². The molecule has 0 unspecified atom stereocenters. The number of nitrogens with zero attached hydrogens (tertiary/aromatic N) is 1. The summed E-state index contributed by atoms with van der Waals surface area (Å²) in [7, 11) is 0. The standard InChI is InChI=1S/C16H29N3O/c1-4-19(13-12-18-11-7-10-17)15-8-5-6-9-16(15)20-14(2)3/h5-6,8-9,14,18H,4,7,10-13,17H2,1-3H3. The largest absolute Gasteiger partial charge is 0.489 e. The number of hydrogen-bond donors (Lipinski definition) is 2. The van der Waals surface area contributed by atoms with E-state index >= 15 is 0 Å². The Balaban J connectivity index is 2.59. The minimum Gasteiger partial charge on any atom is -0.489 e. The van der Waals surface area contributed by atoms with Crippen molar-refractivity contribution < 1.29 is 4.74 Å². The Morgan fingerprint density at radius 3 is 2.65 bits per heavy atom. The molecule has 0 radical (unpaired) electrons. The minimum atomic E-state index is 0.192. The van der Waals surface area contributed by atoms with E-state index in [4.69, 9.17) is 10.5 Å². The first-order chi connectivity index (χ1) is 9.69. The van der Waals surface area contributed by atoms with Crippen molar-refractivity contribution in [1.82, 2.24) is 5.32 Å². The van der Waals surface area contributed by atoms with Gasteiger partial charge in [-0.15, -0.1) is 0 Å². The molecule has 0 heterocycles. The number of anilines is 1. The second-order valence-electron chi connectivity index (χ2n) is 5.11. The maximum absolute atomic E-state index is 5.89. The van der Waals surface area contributed by atoms with Crippen LogP contribution in [0.25, 0.3) is 0 Å². The van der Waals surface area contributed by atoms with E-state index in [-0.39, 0.29) is 6.10 Å². The van der Waals surface area contributed by atoms with E-state index in [0.29, 0.717) is 0 Å². The third-order valence-corrected chi connectivity index (χ3v) is 3.07. The first-order valence-corrected chi connectivity index (χ1v) is 7.60. The first-order valence-electron chi connectivity index (χ1n) is 7.60. The fraction of sp³-hybridized carbons (Fsp3) is 0.625. The van der Waals surface area contributed by atoms with Gasteiger partial charge in [-0.1, -0.05) is 12.1 Å². The van der Waals surface area contributed by atoms with Crippen molar-refractivity contribution in [2.75, 3.05) is 37.6 Å². The molecule has 0 aliphatic heterocycles. The van der Waals surface area contributed by atoms with Gasteiger partial charge in [0.15, 0.2) is 0 Å². The van der Waals surface area contributed by atoms with Gasteiger partial charge in [0.25, 0.3) is 0 Å². The predicted molar refractivity (Wildman–Crippen MR) is 86.6 cm³/mol. The van der Waals surface area contributed by atoms with Crippen LogP contribution in [0, 0.1) is 0 Å². The van der Waals surface area contributed by atoms with E-state index in [0.717, 1.165) is 44.9 Å². The monoisotopic (exact) mass is 279 g/mol. The molecule has 0 fully saturated rings. The second kappa shape index (κ2) is 9.61. The lowest BCUT2D eigenvalue weighted by molar-refractivity contribution is 0.243. The van der Waals surface area contributed by atoms with Gasteiger partial charge in [0.05, 0.1) is 11.8 Å². The van der Waals surface area contributed by atoms with Crippen LogP contribution in [0.4, 0.5) is 5.69 Å². The molecule has 0 aliphatic carbocycles. The lowest BCUT2D eigenvalue weighted by Crippen LogP contribution is -2.33. The average Bonchev–Trinajstić information content (AvgIpc) is 2.43. The number of para-hydroxylation sites is 2. The zero-order chi connectivity index (χ0) is 14.8. The fourth-order valence-electron chi connectivity index (χ4n) is 2.09. The lowest BCUT2D eigenvalue weighted by atomic mass is 10.2. The molecule has 0 aliphatic rings. The SMILES string of the molecule is CCN(CCNCCCN)c1ccccc1OC(C)C. The maximum atomic E-state index is 5.89. The average molecular weight is 279 g/mol. The van der Waals surface area contributed by atoms with Gasteiger partial charge in [0.1, 0.15) is 5.75 Å². The highest BCUT2D eigenvalue weighted by atomic mass is 16.5. The van der Waals surface area contributed by atoms with Gasteiger partial charge >= 0.3 is 0 Å². The zero-order valence-electron chi connectivity index (χ0n) is 13.1. The number of likely N-dealkylation sites (N-methyl/N-ethyl adjacent to an activating group) is 1. The van der Waals surface area contributed by atoms with Crippen molar-refractivity contribution >= 4 is 5.69 Å². The minimum absolute atomic E-state index is 0.192. The molecule has 0 atom stereocenters. The zero-order valence-corrected chi connectivity index (χ0v) is 13.1. The van der Waals surface area contributed by atoms with Gasteiger partial charge < -0.3 is 20.7 Å². The molecule has 20 heavy (non-hydrogen) atoms. The molecule has 0 bridgehead atoms. The summed E-state index contributed by atoms with van der Waals surface area (Å²) in [4.78, 5) is 2.34. The second-order valence-corrected chi connectivity index (χ2v) is 5.11. The summed E-state index contributed by atoms with van der Waals surface area (Å²) in [6.45, 7) is 10.9. The highest BCUT2D eigenvalue weighted by Crippen LogP contribution is 2.28. The van der Waals surface area contributed by atoms with Gasteiger partial charge in [-0.3, -0.25) is 0 Å². The van der Waals surface area contributed by atoms with Crippen molar-refractivity contribution in [3.63, 3.8) is 0 Å². The van der Waals surface area contributed by atoms with Gasteiger partial charge in [-0.25, -0.2) is 0 Å². The van der Waals surface area contributed by atoms with Gasteiger partial charge in [-0.2, -0.15) is 0 Å². The molecule has 1 aromatic carbocycles. The smallest absolute Gasteiger partial charge is 0.142 e. The summed E-state index contributed by atoms with van der Waals surface area (Å²) in [6, 6.07) is 8.25. The van der Waals surface area contributed by atoms with Gasteiger partial charge in [0, 0.05) is 19.6 Å². The van der Waals surface area contributed by atoms with E-state index < -0.39 is 0 Å². The summed E-state index contributed by atoms with van der Waals surface area (Å²) in [5.74, 6) is 0.964. The molecule has 114 valence electrons. The molecular formula is C16H29N3O. The van der Waals surface area contributed by atoms with E-state index in [9.17, 15) is 0 Å². The molecular weight excluding hydrogens is 250 g/mol. The summed E-state index contributed by atoms with van der Waals surface area (Å²) >= 11 is 0. The molecule has 4 nitrogen and oxygen atoms in total. The molecule has 4 heteroatoms. The normalized spacial score (nSPS) is 10.8. The molecule has 0 spiro atoms. The summed E-state index contributed by atoms with van der Waals surface area (Å²) in [5, 5.41) is 3.42. The Labute approximate surface area is 123 Å². The summed E-state index contributed by atoms with van der Waals surface area (Å²) in [5.41, 5.74) is 6.66. The number of ether oxygens (including phenoxy) is 1. The Bertz CT molecular complexity index is 368. The first kappa shape index (κ1) is 16.8. The molecule has 0 amide bonds. The molecule has 1 rings (SSSR count). The summed E-state index contributed by atoms with van der Waals surface area (Å²) < 4.78 is 5.89. The number of hydrogen-bond acceptors (Lipinski definition) is 4. The maximum Gasteiger partial charge on any atom is 0.142 e. The van der Waals surface area contributed by atoms with Gasteiger partial charge in [0.2, 0.25) is 0 Å². The molecule has 0 saturated carbocycles. The Kier molecular flexibility index (Phi) is 8.07. The molecule has 1 aromatic rings. The summed E-state index contributed by atoms with van der Waals surface area (Å²) in [6.07, 6.45) is 1.22. The molecule has 3 N–H and O–H groups in total. The van der Waals surface area contributed by atoms with Crippen LogP contribution in [0.1, 0.15) is 27.2 Å². The molecule has 0 saturated heterocycles. The number of rotatable bonds is 10. The lowest BCUT2D eigenvalue weighted by Gasteiger charge is -2.26. The third kappa shape index (κ3) is 5.80. The van der Waals surface area contributed by atoms with Crippen LogP contribution < -0.4 is 20.7 Å². The van der Waals surface area contributed by atoms with Crippen LogP contribution in [-0.4, -0.2) is 38.8 Å². The van der Waals surface area contributed by atoms with Crippen molar-refractivity contribution in [1.29, 1.82) is 0 Å². The number of benzene rings is 1. The van der Waals surface area contributed by atoms with E-state index in [1.54, 1.807) is 0 Å². The van der Waals surface area contributed by atoms with Crippen LogP contribution in [0.3, 0.4) is 0 Å². The highest BCUT2D eigenvalue weighted by molar-refractivity contribution is 5.58. The quantitative estimate of drug-likeness (QED) is 0.645. The Morgan fingerprint density at radius 1 is 1.25 bits per heavy atom. The number of nitrogens with two attached hydrogens (primary N) is 1. The third-order valence-electron chi connectivity index (χ3n) is 3.07. The predicted octanol–water partition coefficient (Wildman–Crippen LogP) is 2.24. The molecule has 0 aromatic heterocycles. The van der Waals surface area contributed by atoms with Crippen molar-refractivity contribution in [3.8, 4) is 5.75 Å². The highest BCUT2D eigenvalue weighted by Gasteiger charge is 2.11.